The molecule has 3 aromatic carbocycles. The van der Waals surface area contributed by atoms with Crippen LogP contribution in [0.2, 0.25) is 0 Å². The summed E-state index contributed by atoms with van der Waals surface area (Å²) in [5, 5.41) is 27.2. The molecule has 0 saturated carbocycles. The predicted molar refractivity (Wildman–Crippen MR) is 123 cm³/mol. The van der Waals surface area contributed by atoms with Crippen LogP contribution >= 0.6 is 0 Å². The van der Waals surface area contributed by atoms with Gasteiger partial charge in [-0.25, -0.2) is 0 Å². The molecule has 32 heavy (non-hydrogen) atoms. The van der Waals surface area contributed by atoms with E-state index in [2.05, 4.69) is 10.6 Å². The zero-order valence-electron chi connectivity index (χ0n) is 17.9. The first-order valence-corrected chi connectivity index (χ1v) is 10.0. The summed E-state index contributed by atoms with van der Waals surface area (Å²) in [6.45, 7) is 3.87. The van der Waals surface area contributed by atoms with Gasteiger partial charge in [0, 0.05) is 11.5 Å². The van der Waals surface area contributed by atoms with Crippen LogP contribution in [0.4, 0.5) is 22.7 Å². The van der Waals surface area contributed by atoms with Crippen molar-refractivity contribution in [1.82, 2.24) is 0 Å². The summed E-state index contributed by atoms with van der Waals surface area (Å²) in [7, 11) is 1.39. The second-order valence-corrected chi connectivity index (χ2v) is 8.29. The van der Waals surface area contributed by atoms with Crippen LogP contribution in [-0.2, 0) is 5.41 Å². The molecule has 0 aromatic heterocycles. The monoisotopic (exact) mass is 433 g/mol. The van der Waals surface area contributed by atoms with Crippen molar-refractivity contribution in [2.45, 2.75) is 19.3 Å². The predicted octanol–water partition coefficient (Wildman–Crippen LogP) is 4.85. The summed E-state index contributed by atoms with van der Waals surface area (Å²) < 4.78 is 5.18. The average Bonchev–Trinajstić information content (AvgIpc) is 2.93. The largest absolute Gasteiger partial charge is 0.490 e. The minimum Gasteiger partial charge on any atom is -0.490 e. The van der Waals surface area contributed by atoms with Gasteiger partial charge >= 0.3 is 5.69 Å². The van der Waals surface area contributed by atoms with Gasteiger partial charge in [0.1, 0.15) is 0 Å². The molecule has 0 spiro atoms. The number of hydrogen-bond donors (Lipinski definition) is 3. The Morgan fingerprint density at radius 2 is 1.69 bits per heavy atom. The SMILES string of the molecule is COc1cc(-c2ccc3c(c2)Nc2cc(C(C)(C)CO)ccc2NC3=O)ccc1[N+](=O)[O-]. The minimum absolute atomic E-state index is 0.0130. The van der Waals surface area contributed by atoms with Crippen LogP contribution in [0.25, 0.3) is 11.1 Å². The van der Waals surface area contributed by atoms with Gasteiger partial charge < -0.3 is 20.5 Å². The normalized spacial score (nSPS) is 12.7. The van der Waals surface area contributed by atoms with Gasteiger partial charge in [-0.05, 0) is 53.1 Å². The molecule has 3 N–H and O–H groups in total. The summed E-state index contributed by atoms with van der Waals surface area (Å²) in [4.78, 5) is 23.5. The molecule has 1 amide bonds. The van der Waals surface area contributed by atoms with E-state index in [1.807, 2.05) is 38.1 Å². The van der Waals surface area contributed by atoms with Gasteiger partial charge in [-0.2, -0.15) is 0 Å². The van der Waals surface area contributed by atoms with Crippen molar-refractivity contribution >= 4 is 28.7 Å². The number of carbonyl (C=O) groups is 1. The topological polar surface area (TPSA) is 114 Å². The van der Waals surface area contributed by atoms with Gasteiger partial charge in [0.15, 0.2) is 5.75 Å². The number of carbonyl (C=O) groups excluding carboxylic acids is 1. The molecule has 0 saturated heterocycles. The Hall–Kier alpha value is -3.91. The highest BCUT2D eigenvalue weighted by Crippen LogP contribution is 2.38. The van der Waals surface area contributed by atoms with Gasteiger partial charge in [-0.1, -0.05) is 26.0 Å². The summed E-state index contributed by atoms with van der Waals surface area (Å²) in [6.07, 6.45) is 0. The van der Waals surface area contributed by atoms with E-state index < -0.39 is 10.3 Å². The van der Waals surface area contributed by atoms with Crippen LogP contribution < -0.4 is 15.4 Å². The van der Waals surface area contributed by atoms with E-state index in [-0.39, 0.29) is 24.0 Å². The number of amides is 1. The molecule has 0 aliphatic carbocycles. The fourth-order valence-corrected chi connectivity index (χ4v) is 3.64. The molecule has 0 fully saturated rings. The first kappa shape index (κ1) is 21.3. The first-order chi connectivity index (χ1) is 15.2. The van der Waals surface area contributed by atoms with E-state index in [9.17, 15) is 20.0 Å². The fourth-order valence-electron chi connectivity index (χ4n) is 3.64. The number of methoxy groups -OCH3 is 1. The van der Waals surface area contributed by atoms with E-state index in [0.717, 1.165) is 22.4 Å². The highest BCUT2D eigenvalue weighted by Gasteiger charge is 2.24. The Kier molecular flexibility index (Phi) is 5.31. The van der Waals surface area contributed by atoms with Crippen LogP contribution in [0.5, 0.6) is 5.75 Å². The summed E-state index contributed by atoms with van der Waals surface area (Å²) in [5.41, 5.74) is 4.31. The minimum atomic E-state index is -0.492. The lowest BCUT2D eigenvalue weighted by Crippen LogP contribution is -2.22. The lowest BCUT2D eigenvalue weighted by molar-refractivity contribution is -0.385. The van der Waals surface area contributed by atoms with Crippen LogP contribution in [0.15, 0.2) is 54.6 Å². The standard InChI is InChI=1S/C24H23N3O5/c1-24(2,13-28)16-6-8-18-20(12-16)25-19-10-14(4-7-17(19)23(29)26-18)15-5-9-21(27(30)31)22(11-15)32-3/h4-12,25,28H,13H2,1-3H3,(H,26,29). The molecule has 0 radical (unpaired) electrons. The van der Waals surface area contributed by atoms with E-state index >= 15 is 0 Å². The third kappa shape index (κ3) is 3.76. The van der Waals surface area contributed by atoms with Crippen molar-refractivity contribution in [3.63, 3.8) is 0 Å². The molecule has 0 bridgehead atoms. The quantitative estimate of drug-likeness (QED) is 0.392. The molecule has 3 aromatic rings. The van der Waals surface area contributed by atoms with Crippen molar-refractivity contribution in [3.8, 4) is 16.9 Å². The molecule has 164 valence electrons. The molecule has 4 rings (SSSR count). The Morgan fingerprint density at radius 1 is 0.969 bits per heavy atom. The average molecular weight is 433 g/mol. The number of nitrogens with zero attached hydrogens (tertiary/aromatic N) is 1. The van der Waals surface area contributed by atoms with Crippen molar-refractivity contribution in [2.24, 2.45) is 0 Å². The van der Waals surface area contributed by atoms with E-state index in [4.69, 9.17) is 4.74 Å². The number of benzene rings is 3. The molecule has 1 aliphatic heterocycles. The number of hydrogen-bond acceptors (Lipinski definition) is 6. The van der Waals surface area contributed by atoms with Gasteiger partial charge in [-0.15, -0.1) is 0 Å². The van der Waals surface area contributed by atoms with Gasteiger partial charge in [-0.3, -0.25) is 14.9 Å². The van der Waals surface area contributed by atoms with Gasteiger partial charge in [0.25, 0.3) is 5.91 Å². The molecule has 0 unspecified atom stereocenters. The zero-order valence-corrected chi connectivity index (χ0v) is 17.9. The smallest absolute Gasteiger partial charge is 0.310 e. The second kappa shape index (κ2) is 7.97. The van der Waals surface area contributed by atoms with E-state index in [0.29, 0.717) is 16.9 Å². The third-order valence-corrected chi connectivity index (χ3v) is 5.69. The van der Waals surface area contributed by atoms with E-state index in [1.54, 1.807) is 24.3 Å². The Morgan fingerprint density at radius 3 is 2.38 bits per heavy atom. The number of nitrogens with one attached hydrogen (secondary N) is 2. The van der Waals surface area contributed by atoms with Crippen molar-refractivity contribution in [3.05, 3.63) is 75.8 Å². The summed E-state index contributed by atoms with van der Waals surface area (Å²) in [5.74, 6) is -0.0809. The maximum Gasteiger partial charge on any atom is 0.310 e. The number of aliphatic hydroxyl groups is 1. The number of aliphatic hydroxyl groups excluding tert-OH is 1. The third-order valence-electron chi connectivity index (χ3n) is 5.69. The molecule has 1 heterocycles. The molecule has 0 atom stereocenters. The molecular formula is C24H23N3O5. The summed E-state index contributed by atoms with van der Waals surface area (Å²) in [6, 6.07) is 15.6. The number of anilines is 3. The van der Waals surface area contributed by atoms with Crippen molar-refractivity contribution < 1.29 is 19.6 Å². The first-order valence-electron chi connectivity index (χ1n) is 10.0. The Labute approximate surface area is 185 Å². The van der Waals surface area contributed by atoms with Crippen LogP contribution in [0, 0.1) is 10.1 Å². The summed E-state index contributed by atoms with van der Waals surface area (Å²) >= 11 is 0. The Bertz CT molecular complexity index is 1240. The van der Waals surface area contributed by atoms with Crippen LogP contribution in [0.1, 0.15) is 29.8 Å². The highest BCUT2D eigenvalue weighted by molar-refractivity contribution is 6.12. The van der Waals surface area contributed by atoms with E-state index in [1.165, 1.54) is 13.2 Å². The van der Waals surface area contributed by atoms with Crippen molar-refractivity contribution in [1.29, 1.82) is 0 Å². The molecule has 8 nitrogen and oxygen atoms in total. The lowest BCUT2D eigenvalue weighted by atomic mass is 9.85. The van der Waals surface area contributed by atoms with Gasteiger partial charge in [0.2, 0.25) is 0 Å². The number of ether oxygens (including phenoxy) is 1. The van der Waals surface area contributed by atoms with Crippen molar-refractivity contribution in [2.75, 3.05) is 24.4 Å². The number of fused-ring (bicyclic) bond motifs is 2. The molecular weight excluding hydrogens is 410 g/mol. The number of nitro benzene ring substituents is 1. The molecule has 8 heteroatoms. The fraction of sp³-hybridized carbons (Fsp3) is 0.208. The van der Waals surface area contributed by atoms with Gasteiger partial charge in [0.05, 0.1) is 41.3 Å². The van der Waals surface area contributed by atoms with Crippen LogP contribution in [0.3, 0.4) is 0 Å². The lowest BCUT2D eigenvalue weighted by Gasteiger charge is -2.23. The number of rotatable bonds is 5. The second-order valence-electron chi connectivity index (χ2n) is 8.29. The maximum atomic E-state index is 12.8. The molecule has 1 aliphatic rings. The van der Waals surface area contributed by atoms with Crippen LogP contribution in [-0.4, -0.2) is 29.7 Å². The maximum absolute atomic E-state index is 12.8. The number of nitro groups is 1. The highest BCUT2D eigenvalue weighted by atomic mass is 16.6. The zero-order chi connectivity index (χ0) is 23.0. The Balaban J connectivity index is 1.77.